The van der Waals surface area contributed by atoms with Gasteiger partial charge in [0.1, 0.15) is 5.82 Å². The summed E-state index contributed by atoms with van der Waals surface area (Å²) in [6.45, 7) is 2.99. The van der Waals surface area contributed by atoms with E-state index in [-0.39, 0.29) is 11.9 Å². The van der Waals surface area contributed by atoms with Crippen LogP contribution in [0, 0.1) is 5.82 Å². The minimum atomic E-state index is -0.232. The van der Waals surface area contributed by atoms with Crippen LogP contribution in [0.25, 0.3) is 0 Å². The summed E-state index contributed by atoms with van der Waals surface area (Å²) in [6.07, 6.45) is 1.64. The Labute approximate surface area is 124 Å². The van der Waals surface area contributed by atoms with Gasteiger partial charge in [-0.3, -0.25) is 0 Å². The minimum absolute atomic E-state index is 0.232. The minimum Gasteiger partial charge on any atom is -0.310 e. The van der Waals surface area contributed by atoms with Gasteiger partial charge in [-0.2, -0.15) is 0 Å². The highest BCUT2D eigenvalue weighted by Gasteiger charge is 2.11. The van der Waals surface area contributed by atoms with Gasteiger partial charge in [-0.05, 0) is 48.7 Å². The van der Waals surface area contributed by atoms with Gasteiger partial charge in [0.25, 0.3) is 0 Å². The molecule has 0 aliphatic rings. The topological polar surface area (TPSA) is 12.0 Å². The van der Waals surface area contributed by atoms with Crippen molar-refractivity contribution in [3.8, 4) is 0 Å². The molecule has 0 aliphatic heterocycles. The van der Waals surface area contributed by atoms with E-state index < -0.39 is 0 Å². The number of halogens is 2. The van der Waals surface area contributed by atoms with Crippen LogP contribution in [0.5, 0.6) is 0 Å². The molecule has 0 spiro atoms. The smallest absolute Gasteiger partial charge is 0.123 e. The first-order valence-electron chi connectivity index (χ1n) is 6.93. The molecule has 0 heterocycles. The maximum atomic E-state index is 13.3. The predicted molar refractivity (Wildman–Crippen MR) is 82.6 cm³/mol. The zero-order chi connectivity index (χ0) is 14.4. The van der Waals surface area contributed by atoms with Crippen molar-refractivity contribution in [2.24, 2.45) is 0 Å². The molecule has 0 saturated carbocycles. The Morgan fingerprint density at radius 2 is 1.90 bits per heavy atom. The Morgan fingerprint density at radius 1 is 1.15 bits per heavy atom. The van der Waals surface area contributed by atoms with E-state index in [4.69, 9.17) is 11.6 Å². The normalized spacial score (nSPS) is 12.3. The van der Waals surface area contributed by atoms with E-state index >= 15 is 0 Å². The third kappa shape index (κ3) is 4.06. The highest BCUT2D eigenvalue weighted by molar-refractivity contribution is 6.31. The van der Waals surface area contributed by atoms with E-state index in [2.05, 4.69) is 24.4 Å². The largest absolute Gasteiger partial charge is 0.310 e. The molecule has 0 fully saturated rings. The van der Waals surface area contributed by atoms with Crippen LogP contribution in [0.15, 0.2) is 48.5 Å². The molecule has 1 N–H and O–H groups in total. The summed E-state index contributed by atoms with van der Waals surface area (Å²) in [6, 6.07) is 15.1. The number of benzene rings is 2. The van der Waals surface area contributed by atoms with Crippen molar-refractivity contribution >= 4 is 11.6 Å². The van der Waals surface area contributed by atoms with Gasteiger partial charge in [0.05, 0.1) is 0 Å². The summed E-state index contributed by atoms with van der Waals surface area (Å²) in [5.41, 5.74) is 2.12. The third-order valence-corrected chi connectivity index (χ3v) is 3.73. The summed E-state index contributed by atoms with van der Waals surface area (Å²) in [5, 5.41) is 4.10. The lowest BCUT2D eigenvalue weighted by atomic mass is 9.99. The quantitative estimate of drug-likeness (QED) is 0.809. The Balaban J connectivity index is 2.07. The van der Waals surface area contributed by atoms with Crippen molar-refractivity contribution in [1.82, 2.24) is 5.32 Å². The van der Waals surface area contributed by atoms with E-state index in [1.54, 1.807) is 6.07 Å². The van der Waals surface area contributed by atoms with Crippen molar-refractivity contribution in [3.05, 3.63) is 70.5 Å². The summed E-state index contributed by atoms with van der Waals surface area (Å²) >= 11 is 6.12. The molecule has 2 aromatic carbocycles. The van der Waals surface area contributed by atoms with Gasteiger partial charge < -0.3 is 5.32 Å². The fraction of sp³-hybridized carbons (Fsp3) is 0.294. The number of hydrogen-bond donors (Lipinski definition) is 1. The Kier molecular flexibility index (Phi) is 5.57. The van der Waals surface area contributed by atoms with Crippen molar-refractivity contribution < 1.29 is 4.39 Å². The van der Waals surface area contributed by atoms with E-state index in [0.717, 1.165) is 24.9 Å². The molecule has 20 heavy (non-hydrogen) atoms. The molecule has 3 heteroatoms. The zero-order valence-corrected chi connectivity index (χ0v) is 12.3. The number of nitrogens with one attached hydrogen (secondary N) is 1. The molecule has 0 aliphatic carbocycles. The summed E-state index contributed by atoms with van der Waals surface area (Å²) < 4.78 is 13.3. The summed E-state index contributed by atoms with van der Waals surface area (Å²) in [5.74, 6) is -0.232. The van der Waals surface area contributed by atoms with Gasteiger partial charge in [0.15, 0.2) is 0 Å². The standard InChI is InChI=1S/C17H19ClFN/c1-2-20-17(13-6-4-3-5-7-13)11-8-14-12-15(19)9-10-16(14)18/h3-7,9-10,12,17,20H,2,8,11H2,1H3. The molecule has 0 radical (unpaired) electrons. The summed E-state index contributed by atoms with van der Waals surface area (Å²) in [7, 11) is 0. The van der Waals surface area contributed by atoms with Gasteiger partial charge in [-0.15, -0.1) is 0 Å². The molecule has 1 atom stereocenters. The molecular weight excluding hydrogens is 273 g/mol. The number of aryl methyl sites for hydroxylation is 1. The van der Waals surface area contributed by atoms with Crippen LogP contribution >= 0.6 is 11.6 Å². The first kappa shape index (κ1) is 15.0. The molecule has 1 nitrogen and oxygen atoms in total. The fourth-order valence-corrected chi connectivity index (χ4v) is 2.57. The average Bonchev–Trinajstić information content (AvgIpc) is 2.47. The Hall–Kier alpha value is -1.38. The van der Waals surface area contributed by atoms with E-state index in [1.165, 1.54) is 17.7 Å². The molecule has 0 aromatic heterocycles. The monoisotopic (exact) mass is 291 g/mol. The first-order chi connectivity index (χ1) is 9.70. The van der Waals surface area contributed by atoms with Crippen molar-refractivity contribution in [2.45, 2.75) is 25.8 Å². The Bertz CT molecular complexity index is 542. The predicted octanol–water partition coefficient (Wildman–Crippen LogP) is 4.76. The van der Waals surface area contributed by atoms with Gasteiger partial charge in [-0.1, -0.05) is 48.9 Å². The molecule has 106 valence electrons. The lowest BCUT2D eigenvalue weighted by Gasteiger charge is -2.18. The van der Waals surface area contributed by atoms with Crippen LogP contribution < -0.4 is 5.32 Å². The van der Waals surface area contributed by atoms with Gasteiger partial charge in [0, 0.05) is 11.1 Å². The SMILES string of the molecule is CCNC(CCc1cc(F)ccc1Cl)c1ccccc1. The number of hydrogen-bond acceptors (Lipinski definition) is 1. The Morgan fingerprint density at radius 3 is 2.60 bits per heavy atom. The second kappa shape index (κ2) is 7.41. The van der Waals surface area contributed by atoms with Crippen LogP contribution in [0.3, 0.4) is 0 Å². The lowest BCUT2D eigenvalue weighted by Crippen LogP contribution is -2.21. The molecule has 1 unspecified atom stereocenters. The molecule has 0 saturated heterocycles. The zero-order valence-electron chi connectivity index (χ0n) is 11.6. The van der Waals surface area contributed by atoms with Crippen molar-refractivity contribution in [3.63, 3.8) is 0 Å². The van der Waals surface area contributed by atoms with E-state index in [1.807, 2.05) is 18.2 Å². The fourth-order valence-electron chi connectivity index (χ4n) is 2.35. The second-order valence-corrected chi connectivity index (χ2v) is 5.20. The highest BCUT2D eigenvalue weighted by Crippen LogP contribution is 2.23. The van der Waals surface area contributed by atoms with Gasteiger partial charge in [0.2, 0.25) is 0 Å². The van der Waals surface area contributed by atoms with Crippen LogP contribution in [0.1, 0.15) is 30.5 Å². The third-order valence-electron chi connectivity index (χ3n) is 3.36. The molecule has 2 aromatic rings. The maximum Gasteiger partial charge on any atom is 0.123 e. The highest BCUT2D eigenvalue weighted by atomic mass is 35.5. The van der Waals surface area contributed by atoms with Crippen LogP contribution in [-0.2, 0) is 6.42 Å². The molecule has 2 rings (SSSR count). The lowest BCUT2D eigenvalue weighted by molar-refractivity contribution is 0.514. The van der Waals surface area contributed by atoms with Crippen LogP contribution in [-0.4, -0.2) is 6.54 Å². The molecular formula is C17H19ClFN. The van der Waals surface area contributed by atoms with Crippen LogP contribution in [0.4, 0.5) is 4.39 Å². The average molecular weight is 292 g/mol. The number of rotatable bonds is 6. The van der Waals surface area contributed by atoms with E-state index in [0.29, 0.717) is 5.02 Å². The second-order valence-electron chi connectivity index (χ2n) is 4.80. The molecule has 0 bridgehead atoms. The first-order valence-corrected chi connectivity index (χ1v) is 7.30. The van der Waals surface area contributed by atoms with Crippen molar-refractivity contribution in [1.29, 1.82) is 0 Å². The van der Waals surface area contributed by atoms with Crippen LogP contribution in [0.2, 0.25) is 5.02 Å². The van der Waals surface area contributed by atoms with E-state index in [9.17, 15) is 4.39 Å². The van der Waals surface area contributed by atoms with Crippen molar-refractivity contribution in [2.75, 3.05) is 6.54 Å². The molecule has 0 amide bonds. The maximum absolute atomic E-state index is 13.3. The van der Waals surface area contributed by atoms with Gasteiger partial charge in [-0.25, -0.2) is 4.39 Å². The van der Waals surface area contributed by atoms with Gasteiger partial charge >= 0.3 is 0 Å². The summed E-state index contributed by atoms with van der Waals surface area (Å²) in [4.78, 5) is 0.